The van der Waals surface area contributed by atoms with E-state index in [-0.39, 0.29) is 28.9 Å². The molecule has 0 aromatic carbocycles. The van der Waals surface area contributed by atoms with Crippen LogP contribution in [0.2, 0.25) is 0 Å². The van der Waals surface area contributed by atoms with Gasteiger partial charge < -0.3 is 5.73 Å². The number of aromatic nitrogens is 2. The zero-order valence-electron chi connectivity index (χ0n) is 9.87. The standard InChI is InChI=1S/C11H15N3O2S.ClH/c12-11(4-5-11)9-3-6-13-10(14-9)7-17(15,16)8-1-2-8;/h3,6,8H,1-2,4-5,7,12H2;1H. The summed E-state index contributed by atoms with van der Waals surface area (Å²) >= 11 is 0. The van der Waals surface area contributed by atoms with Gasteiger partial charge in [-0.1, -0.05) is 0 Å². The molecule has 0 unspecified atom stereocenters. The Kier molecular flexibility index (Phi) is 3.38. The second-order valence-corrected chi connectivity index (χ2v) is 7.30. The summed E-state index contributed by atoms with van der Waals surface area (Å²) in [7, 11) is -3.05. The van der Waals surface area contributed by atoms with Crippen molar-refractivity contribution in [3.05, 3.63) is 23.8 Å². The summed E-state index contributed by atoms with van der Waals surface area (Å²) in [6.45, 7) is 0. The Bertz CT molecular complexity index is 553. The van der Waals surface area contributed by atoms with Crippen molar-refractivity contribution in [2.45, 2.75) is 42.2 Å². The highest BCUT2D eigenvalue weighted by molar-refractivity contribution is 7.91. The summed E-state index contributed by atoms with van der Waals surface area (Å²) in [6.07, 6.45) is 5.00. The second-order valence-electron chi connectivity index (χ2n) is 5.02. The quantitative estimate of drug-likeness (QED) is 0.891. The predicted octanol–water partition coefficient (Wildman–Crippen LogP) is 0.923. The molecule has 0 saturated heterocycles. The third-order valence-electron chi connectivity index (χ3n) is 3.37. The first-order valence-corrected chi connectivity index (χ1v) is 7.54. The lowest BCUT2D eigenvalue weighted by atomic mass is 10.2. The molecule has 2 saturated carbocycles. The number of nitrogens with two attached hydrogens (primary N) is 1. The Morgan fingerprint density at radius 1 is 1.39 bits per heavy atom. The smallest absolute Gasteiger partial charge is 0.160 e. The van der Waals surface area contributed by atoms with Crippen LogP contribution in [-0.4, -0.2) is 23.6 Å². The average molecular weight is 290 g/mol. The molecule has 1 aromatic heterocycles. The summed E-state index contributed by atoms with van der Waals surface area (Å²) in [6, 6.07) is 1.78. The van der Waals surface area contributed by atoms with E-state index in [9.17, 15) is 8.42 Å². The van der Waals surface area contributed by atoms with E-state index in [0.29, 0.717) is 5.82 Å². The maximum Gasteiger partial charge on any atom is 0.160 e. The first-order chi connectivity index (χ1) is 8.00. The van der Waals surface area contributed by atoms with Gasteiger partial charge in [-0.15, -0.1) is 12.4 Å². The molecule has 1 heterocycles. The first kappa shape index (κ1) is 13.7. The Balaban J connectivity index is 0.00000120. The third-order valence-corrected chi connectivity index (χ3v) is 5.51. The SMILES string of the molecule is Cl.NC1(c2ccnc(CS(=O)(=O)C3CC3)n2)CC1. The van der Waals surface area contributed by atoms with Crippen molar-refractivity contribution in [3.63, 3.8) is 0 Å². The van der Waals surface area contributed by atoms with Crippen LogP contribution in [0.15, 0.2) is 12.3 Å². The average Bonchev–Trinajstić information content (AvgIpc) is 3.12. The van der Waals surface area contributed by atoms with Crippen molar-refractivity contribution in [3.8, 4) is 0 Å². The van der Waals surface area contributed by atoms with Crippen molar-refractivity contribution < 1.29 is 8.42 Å². The summed E-state index contributed by atoms with van der Waals surface area (Å²) in [4.78, 5) is 8.32. The molecule has 5 nitrogen and oxygen atoms in total. The van der Waals surface area contributed by atoms with Gasteiger partial charge in [-0.25, -0.2) is 18.4 Å². The Labute approximate surface area is 113 Å². The van der Waals surface area contributed by atoms with Crippen molar-refractivity contribution in [2.75, 3.05) is 0 Å². The van der Waals surface area contributed by atoms with Gasteiger partial charge in [0.15, 0.2) is 9.84 Å². The topological polar surface area (TPSA) is 85.9 Å². The van der Waals surface area contributed by atoms with Crippen LogP contribution in [0.1, 0.15) is 37.2 Å². The first-order valence-electron chi connectivity index (χ1n) is 5.82. The van der Waals surface area contributed by atoms with E-state index in [1.807, 2.05) is 0 Å². The second kappa shape index (κ2) is 4.43. The number of nitrogens with zero attached hydrogens (tertiary/aromatic N) is 2. The monoisotopic (exact) mass is 289 g/mol. The number of sulfone groups is 1. The van der Waals surface area contributed by atoms with Crippen LogP contribution in [0, 0.1) is 0 Å². The highest BCUT2D eigenvalue weighted by atomic mass is 35.5. The summed E-state index contributed by atoms with van der Waals surface area (Å²) in [5, 5.41) is -0.164. The zero-order chi connectivity index (χ0) is 12.1. The molecule has 0 atom stereocenters. The van der Waals surface area contributed by atoms with E-state index in [2.05, 4.69) is 9.97 Å². The lowest BCUT2D eigenvalue weighted by molar-refractivity contribution is 0.591. The molecule has 0 bridgehead atoms. The van der Waals surface area contributed by atoms with Crippen molar-refractivity contribution >= 4 is 22.2 Å². The zero-order valence-corrected chi connectivity index (χ0v) is 11.5. The van der Waals surface area contributed by atoms with Gasteiger partial charge in [0, 0.05) is 6.20 Å². The van der Waals surface area contributed by atoms with Gasteiger partial charge in [-0.3, -0.25) is 0 Å². The van der Waals surface area contributed by atoms with Crippen molar-refractivity contribution in [1.29, 1.82) is 0 Å². The highest BCUT2D eigenvalue weighted by Crippen LogP contribution is 2.41. The molecule has 2 aliphatic carbocycles. The Hall–Kier alpha value is -0.720. The van der Waals surface area contributed by atoms with Gasteiger partial charge in [0.25, 0.3) is 0 Å². The van der Waals surface area contributed by atoms with Crippen LogP contribution in [0.4, 0.5) is 0 Å². The molecule has 0 amide bonds. The molecule has 0 spiro atoms. The van der Waals surface area contributed by atoms with E-state index in [0.717, 1.165) is 31.4 Å². The van der Waals surface area contributed by atoms with Gasteiger partial charge in [0.2, 0.25) is 0 Å². The minimum atomic E-state index is -3.05. The van der Waals surface area contributed by atoms with E-state index >= 15 is 0 Å². The Morgan fingerprint density at radius 3 is 2.61 bits per heavy atom. The van der Waals surface area contributed by atoms with Gasteiger partial charge in [-0.05, 0) is 31.7 Å². The molecule has 7 heteroatoms. The third kappa shape index (κ3) is 2.65. The molecule has 0 aliphatic heterocycles. The molecule has 0 radical (unpaired) electrons. The fourth-order valence-electron chi connectivity index (χ4n) is 1.86. The van der Waals surface area contributed by atoms with Crippen LogP contribution >= 0.6 is 12.4 Å². The van der Waals surface area contributed by atoms with E-state index < -0.39 is 9.84 Å². The predicted molar refractivity (Wildman–Crippen MR) is 70.0 cm³/mol. The van der Waals surface area contributed by atoms with Crippen molar-refractivity contribution in [2.24, 2.45) is 5.73 Å². The van der Waals surface area contributed by atoms with Crippen LogP contribution < -0.4 is 5.73 Å². The van der Waals surface area contributed by atoms with Gasteiger partial charge in [-0.2, -0.15) is 0 Å². The number of hydrogen-bond donors (Lipinski definition) is 1. The molecule has 3 rings (SSSR count). The summed E-state index contributed by atoms with van der Waals surface area (Å²) < 4.78 is 23.7. The van der Waals surface area contributed by atoms with Gasteiger partial charge in [0.05, 0.1) is 16.5 Å². The minimum absolute atomic E-state index is 0. The largest absolute Gasteiger partial charge is 0.320 e. The van der Waals surface area contributed by atoms with Gasteiger partial charge in [0.1, 0.15) is 11.6 Å². The van der Waals surface area contributed by atoms with Crippen molar-refractivity contribution in [1.82, 2.24) is 9.97 Å². The van der Waals surface area contributed by atoms with E-state index in [1.165, 1.54) is 0 Å². The lowest BCUT2D eigenvalue weighted by Gasteiger charge is -2.09. The molecule has 18 heavy (non-hydrogen) atoms. The fraction of sp³-hybridized carbons (Fsp3) is 0.636. The molecular weight excluding hydrogens is 274 g/mol. The molecule has 2 N–H and O–H groups in total. The Morgan fingerprint density at radius 2 is 2.06 bits per heavy atom. The molecule has 1 aromatic rings. The molecular formula is C11H16ClN3O2S. The number of hydrogen-bond acceptors (Lipinski definition) is 5. The van der Waals surface area contributed by atoms with Gasteiger partial charge >= 0.3 is 0 Å². The van der Waals surface area contributed by atoms with E-state index in [4.69, 9.17) is 5.73 Å². The van der Waals surface area contributed by atoms with Crippen LogP contribution in [0.5, 0.6) is 0 Å². The summed E-state index contributed by atoms with van der Waals surface area (Å²) in [5.74, 6) is 0.327. The highest BCUT2D eigenvalue weighted by Gasteiger charge is 2.42. The maximum atomic E-state index is 11.8. The molecule has 2 aliphatic rings. The van der Waals surface area contributed by atoms with Crippen LogP contribution in [-0.2, 0) is 21.1 Å². The molecule has 100 valence electrons. The number of halogens is 1. The van der Waals surface area contributed by atoms with E-state index in [1.54, 1.807) is 12.3 Å². The van der Waals surface area contributed by atoms with Crippen LogP contribution in [0.25, 0.3) is 0 Å². The normalized spacial score (nSPS) is 21.2. The summed E-state index contributed by atoms with van der Waals surface area (Å²) in [5.41, 5.74) is 6.47. The molecule has 2 fully saturated rings. The van der Waals surface area contributed by atoms with Crippen LogP contribution in [0.3, 0.4) is 0 Å². The lowest BCUT2D eigenvalue weighted by Crippen LogP contribution is -2.22. The maximum absolute atomic E-state index is 11.8. The number of rotatable bonds is 4. The minimum Gasteiger partial charge on any atom is -0.320 e. The fourth-order valence-corrected chi connectivity index (χ4v) is 3.45.